The predicted octanol–water partition coefficient (Wildman–Crippen LogP) is 3.45. The van der Waals surface area contributed by atoms with Crippen LogP contribution in [0.2, 0.25) is 0 Å². The number of fused-ring (bicyclic) bond motifs is 1. The van der Waals surface area contributed by atoms with E-state index >= 15 is 0 Å². The largest absolute Gasteiger partial charge is 0.361 e. The number of benzene rings is 2. The Morgan fingerprint density at radius 1 is 1.16 bits per heavy atom. The fraction of sp³-hybridized carbons (Fsp3) is 0.105. The number of H-pyrrole nitrogens is 1. The van der Waals surface area contributed by atoms with E-state index in [1.54, 1.807) is 18.2 Å². The first-order chi connectivity index (χ1) is 12.1. The van der Waals surface area contributed by atoms with E-state index in [2.05, 4.69) is 16.4 Å². The Hall–Kier alpha value is -3.41. The highest BCUT2D eigenvalue weighted by molar-refractivity contribution is 5.91. The molecule has 0 fully saturated rings. The van der Waals surface area contributed by atoms with Gasteiger partial charge in [-0.05, 0) is 41.8 Å². The lowest BCUT2D eigenvalue weighted by Crippen LogP contribution is -2.23. The average Bonchev–Trinajstić information content (AvgIpc) is 3.04. The van der Waals surface area contributed by atoms with Gasteiger partial charge in [0.05, 0.1) is 4.92 Å². The number of hydrogen-bond acceptors (Lipinski definition) is 3. The Kier molecular flexibility index (Phi) is 4.89. The number of rotatable bonds is 6. The minimum Gasteiger partial charge on any atom is -0.361 e. The van der Waals surface area contributed by atoms with E-state index in [1.807, 2.05) is 24.4 Å². The smallest absolute Gasteiger partial charge is 0.269 e. The quantitative estimate of drug-likeness (QED) is 0.411. The summed E-state index contributed by atoms with van der Waals surface area (Å²) in [6.07, 6.45) is 5.76. The van der Waals surface area contributed by atoms with Crippen molar-refractivity contribution < 1.29 is 9.72 Å². The average molecular weight is 335 g/mol. The molecule has 1 heterocycles. The molecule has 0 aliphatic heterocycles. The number of nitrogens with zero attached hydrogens (tertiary/aromatic N) is 1. The topological polar surface area (TPSA) is 88.0 Å². The van der Waals surface area contributed by atoms with Crippen LogP contribution in [0.25, 0.3) is 17.0 Å². The van der Waals surface area contributed by atoms with Gasteiger partial charge >= 0.3 is 0 Å². The van der Waals surface area contributed by atoms with Crippen LogP contribution in [0.3, 0.4) is 0 Å². The number of hydrogen-bond donors (Lipinski definition) is 2. The number of nitro benzene ring substituents is 1. The van der Waals surface area contributed by atoms with Gasteiger partial charge in [-0.1, -0.05) is 18.2 Å². The highest BCUT2D eigenvalue weighted by Gasteiger charge is 2.04. The maximum atomic E-state index is 11.9. The van der Waals surface area contributed by atoms with E-state index in [0.717, 1.165) is 28.5 Å². The van der Waals surface area contributed by atoms with Gasteiger partial charge in [-0.2, -0.15) is 0 Å². The molecule has 2 aromatic carbocycles. The zero-order valence-electron chi connectivity index (χ0n) is 13.4. The first-order valence-electron chi connectivity index (χ1n) is 7.89. The predicted molar refractivity (Wildman–Crippen MR) is 97.1 cm³/mol. The minimum atomic E-state index is -0.453. The van der Waals surface area contributed by atoms with Crippen LogP contribution < -0.4 is 5.32 Å². The molecular formula is C19H17N3O3. The third-order valence-electron chi connectivity index (χ3n) is 3.90. The Balaban J connectivity index is 1.51. The maximum Gasteiger partial charge on any atom is 0.269 e. The van der Waals surface area contributed by atoms with Crippen molar-refractivity contribution in [3.8, 4) is 0 Å². The molecule has 1 amide bonds. The van der Waals surface area contributed by atoms with Crippen LogP contribution >= 0.6 is 0 Å². The number of nitrogens with one attached hydrogen (secondary N) is 2. The molecule has 0 radical (unpaired) electrons. The maximum absolute atomic E-state index is 11.9. The molecule has 25 heavy (non-hydrogen) atoms. The summed E-state index contributed by atoms with van der Waals surface area (Å²) in [7, 11) is 0. The fourth-order valence-corrected chi connectivity index (χ4v) is 2.60. The van der Waals surface area contributed by atoms with Crippen LogP contribution in [-0.2, 0) is 11.2 Å². The van der Waals surface area contributed by atoms with Crippen LogP contribution in [0, 0.1) is 10.1 Å². The Labute approximate surface area is 144 Å². The minimum absolute atomic E-state index is 0.0281. The van der Waals surface area contributed by atoms with E-state index in [4.69, 9.17) is 0 Å². The second-order valence-corrected chi connectivity index (χ2v) is 5.58. The summed E-state index contributed by atoms with van der Waals surface area (Å²) in [5, 5.41) is 14.6. The lowest BCUT2D eigenvalue weighted by atomic mass is 10.1. The Morgan fingerprint density at radius 2 is 1.92 bits per heavy atom. The fourth-order valence-electron chi connectivity index (χ4n) is 2.60. The van der Waals surface area contributed by atoms with Gasteiger partial charge in [0.15, 0.2) is 0 Å². The molecule has 2 N–H and O–H groups in total. The van der Waals surface area contributed by atoms with Crippen molar-refractivity contribution in [1.82, 2.24) is 10.3 Å². The van der Waals surface area contributed by atoms with Crippen molar-refractivity contribution >= 4 is 28.6 Å². The summed E-state index contributed by atoms with van der Waals surface area (Å²) >= 11 is 0. The number of nitro groups is 1. The van der Waals surface area contributed by atoms with Crippen molar-refractivity contribution in [1.29, 1.82) is 0 Å². The third kappa shape index (κ3) is 4.11. The number of aromatic amines is 1. The molecule has 6 heteroatoms. The summed E-state index contributed by atoms with van der Waals surface area (Å²) in [6, 6.07) is 14.1. The highest BCUT2D eigenvalue weighted by Crippen LogP contribution is 2.17. The van der Waals surface area contributed by atoms with Gasteiger partial charge in [-0.25, -0.2) is 0 Å². The lowest BCUT2D eigenvalue weighted by molar-refractivity contribution is -0.384. The van der Waals surface area contributed by atoms with Crippen molar-refractivity contribution in [2.24, 2.45) is 0 Å². The number of non-ortho nitro benzene ring substituents is 1. The lowest BCUT2D eigenvalue weighted by Gasteiger charge is -2.02. The summed E-state index contributed by atoms with van der Waals surface area (Å²) < 4.78 is 0. The SMILES string of the molecule is O=C(/C=C/c1ccc([N+](=O)[O-])cc1)NCCc1c[nH]c2ccccc12. The molecule has 126 valence electrons. The van der Waals surface area contributed by atoms with Crippen LogP contribution in [0.15, 0.2) is 60.8 Å². The molecule has 0 saturated heterocycles. The first kappa shape index (κ1) is 16.4. The normalized spacial score (nSPS) is 11.0. The molecule has 0 aliphatic rings. The first-order valence-corrected chi connectivity index (χ1v) is 7.89. The zero-order valence-corrected chi connectivity index (χ0v) is 13.4. The molecule has 0 saturated carbocycles. The Morgan fingerprint density at radius 3 is 2.68 bits per heavy atom. The van der Waals surface area contributed by atoms with Crippen molar-refractivity contribution in [2.75, 3.05) is 6.54 Å². The summed E-state index contributed by atoms with van der Waals surface area (Å²) in [4.78, 5) is 25.2. The number of carbonyl (C=O) groups excluding carboxylic acids is 1. The number of amides is 1. The van der Waals surface area contributed by atoms with Gasteiger partial charge in [0.1, 0.15) is 0 Å². The van der Waals surface area contributed by atoms with E-state index in [1.165, 1.54) is 18.2 Å². The van der Waals surface area contributed by atoms with Gasteiger partial charge in [0.2, 0.25) is 5.91 Å². The molecule has 0 atom stereocenters. The number of carbonyl (C=O) groups is 1. The monoisotopic (exact) mass is 335 g/mol. The van der Waals surface area contributed by atoms with Gasteiger partial charge in [-0.15, -0.1) is 0 Å². The molecular weight excluding hydrogens is 318 g/mol. The van der Waals surface area contributed by atoms with E-state index in [-0.39, 0.29) is 11.6 Å². The molecule has 0 spiro atoms. The summed E-state index contributed by atoms with van der Waals surface area (Å²) in [6.45, 7) is 0.533. The van der Waals surface area contributed by atoms with Crippen LogP contribution in [0.4, 0.5) is 5.69 Å². The Bertz CT molecular complexity index is 926. The second-order valence-electron chi connectivity index (χ2n) is 5.58. The number of aromatic nitrogens is 1. The van der Waals surface area contributed by atoms with Gasteiger partial charge < -0.3 is 10.3 Å². The van der Waals surface area contributed by atoms with Gasteiger partial charge in [0, 0.05) is 41.9 Å². The molecule has 0 bridgehead atoms. The summed E-state index contributed by atoms with van der Waals surface area (Å²) in [5.74, 6) is -0.196. The van der Waals surface area contributed by atoms with E-state index in [0.29, 0.717) is 6.54 Å². The van der Waals surface area contributed by atoms with Crippen LogP contribution in [-0.4, -0.2) is 22.4 Å². The molecule has 1 aromatic heterocycles. The van der Waals surface area contributed by atoms with E-state index in [9.17, 15) is 14.9 Å². The molecule has 0 aliphatic carbocycles. The van der Waals surface area contributed by atoms with Crippen molar-refractivity contribution in [2.45, 2.75) is 6.42 Å². The van der Waals surface area contributed by atoms with Gasteiger partial charge in [0.25, 0.3) is 5.69 Å². The highest BCUT2D eigenvalue weighted by atomic mass is 16.6. The second kappa shape index (κ2) is 7.44. The molecule has 3 aromatic rings. The van der Waals surface area contributed by atoms with Crippen molar-refractivity contribution in [3.63, 3.8) is 0 Å². The van der Waals surface area contributed by atoms with Crippen molar-refractivity contribution in [3.05, 3.63) is 82.0 Å². The summed E-state index contributed by atoms with van der Waals surface area (Å²) in [5.41, 5.74) is 3.01. The molecule has 3 rings (SSSR count). The zero-order chi connectivity index (χ0) is 17.6. The van der Waals surface area contributed by atoms with Crippen LogP contribution in [0.5, 0.6) is 0 Å². The number of para-hydroxylation sites is 1. The van der Waals surface area contributed by atoms with Gasteiger partial charge in [-0.3, -0.25) is 14.9 Å². The van der Waals surface area contributed by atoms with Crippen LogP contribution in [0.1, 0.15) is 11.1 Å². The molecule has 0 unspecified atom stereocenters. The van der Waals surface area contributed by atoms with E-state index < -0.39 is 4.92 Å². The third-order valence-corrected chi connectivity index (χ3v) is 3.90. The standard InChI is InChI=1S/C19H17N3O3/c23-19(10-7-14-5-8-16(9-6-14)22(24)25)20-12-11-15-13-21-18-4-2-1-3-17(15)18/h1-10,13,21H,11-12H2,(H,20,23)/b10-7+. The molecule has 6 nitrogen and oxygen atoms in total.